The Morgan fingerprint density at radius 1 is 0.903 bits per heavy atom. The standard InChI is InChI=1S/C13H15NO2S.C11H13NOS/c1-9(15)16-11-3-4-13-12(7-11)10(8-17-13)5-6-14-2;1-12-5-4-8-7-14-11-3-2-9(13)6-10(8)11/h3-4,7-8,14H,5-6H2,1-2H3;2-3,6-7,12-13H,4-5H2,1H3. The maximum absolute atomic E-state index is 10.9. The van der Waals surface area contributed by atoms with Crippen LogP contribution in [0.25, 0.3) is 20.2 Å². The number of phenols is 1. The van der Waals surface area contributed by atoms with E-state index in [9.17, 15) is 9.90 Å². The number of nitrogens with one attached hydrogen (secondary N) is 2. The molecule has 2 aromatic carbocycles. The van der Waals surface area contributed by atoms with Crippen molar-refractivity contribution in [1.82, 2.24) is 10.6 Å². The predicted molar refractivity (Wildman–Crippen MR) is 132 cm³/mol. The summed E-state index contributed by atoms with van der Waals surface area (Å²) in [6.07, 6.45) is 2.00. The number of rotatable bonds is 7. The van der Waals surface area contributed by atoms with Gasteiger partial charge in [-0.1, -0.05) is 0 Å². The van der Waals surface area contributed by atoms with Crippen molar-refractivity contribution in [2.75, 3.05) is 27.2 Å². The van der Waals surface area contributed by atoms with Crippen LogP contribution in [0.1, 0.15) is 18.1 Å². The first-order valence-electron chi connectivity index (χ1n) is 10.2. The highest BCUT2D eigenvalue weighted by Crippen LogP contribution is 2.30. The number of fused-ring (bicyclic) bond motifs is 2. The first-order chi connectivity index (χ1) is 15.0. The number of benzene rings is 2. The average molecular weight is 457 g/mol. The number of aromatic hydroxyl groups is 1. The molecule has 4 aromatic rings. The van der Waals surface area contributed by atoms with Crippen molar-refractivity contribution >= 4 is 48.8 Å². The smallest absolute Gasteiger partial charge is 0.308 e. The molecule has 0 aliphatic carbocycles. The van der Waals surface area contributed by atoms with Gasteiger partial charge in [0.2, 0.25) is 0 Å². The van der Waals surface area contributed by atoms with Gasteiger partial charge in [0, 0.05) is 16.3 Å². The van der Waals surface area contributed by atoms with Crippen molar-refractivity contribution in [3.8, 4) is 11.5 Å². The van der Waals surface area contributed by atoms with Gasteiger partial charge < -0.3 is 20.5 Å². The fourth-order valence-electron chi connectivity index (χ4n) is 3.27. The molecule has 4 rings (SSSR count). The fourth-order valence-corrected chi connectivity index (χ4v) is 5.22. The van der Waals surface area contributed by atoms with E-state index in [0.717, 1.165) is 25.9 Å². The molecule has 2 aromatic heterocycles. The van der Waals surface area contributed by atoms with Crippen LogP contribution >= 0.6 is 22.7 Å². The van der Waals surface area contributed by atoms with Crippen molar-refractivity contribution < 1.29 is 14.6 Å². The molecule has 0 saturated carbocycles. The second-order valence-electron chi connectivity index (χ2n) is 7.16. The quantitative estimate of drug-likeness (QED) is 0.271. The molecule has 0 aliphatic heterocycles. The predicted octanol–water partition coefficient (Wildman–Crippen LogP) is 4.96. The van der Waals surface area contributed by atoms with E-state index in [1.165, 1.54) is 38.2 Å². The third-order valence-corrected chi connectivity index (χ3v) is 6.84. The van der Waals surface area contributed by atoms with Crippen LogP contribution < -0.4 is 15.4 Å². The molecule has 31 heavy (non-hydrogen) atoms. The van der Waals surface area contributed by atoms with Crippen molar-refractivity contribution in [3.63, 3.8) is 0 Å². The summed E-state index contributed by atoms with van der Waals surface area (Å²) in [5.41, 5.74) is 2.61. The lowest BCUT2D eigenvalue weighted by Gasteiger charge is -2.03. The van der Waals surface area contributed by atoms with E-state index in [0.29, 0.717) is 11.5 Å². The number of thiophene rings is 2. The van der Waals surface area contributed by atoms with E-state index in [4.69, 9.17) is 4.74 Å². The highest BCUT2D eigenvalue weighted by atomic mass is 32.1. The van der Waals surface area contributed by atoms with Crippen molar-refractivity contribution in [3.05, 3.63) is 58.3 Å². The Bertz CT molecular complexity index is 1150. The lowest BCUT2D eigenvalue weighted by Crippen LogP contribution is -2.09. The van der Waals surface area contributed by atoms with E-state index in [1.54, 1.807) is 28.7 Å². The molecule has 0 amide bonds. The molecule has 5 nitrogen and oxygen atoms in total. The summed E-state index contributed by atoms with van der Waals surface area (Å²) in [7, 11) is 3.89. The first-order valence-corrected chi connectivity index (χ1v) is 11.9. The fraction of sp³-hybridized carbons (Fsp3) is 0.292. The summed E-state index contributed by atoms with van der Waals surface area (Å²) in [4.78, 5) is 10.9. The molecule has 0 bridgehead atoms. The Labute approximate surface area is 190 Å². The Hall–Kier alpha value is -2.45. The number of carbonyl (C=O) groups excluding carboxylic acids is 1. The van der Waals surface area contributed by atoms with Crippen molar-refractivity contribution in [2.45, 2.75) is 19.8 Å². The third kappa shape index (κ3) is 6.27. The van der Waals surface area contributed by atoms with Gasteiger partial charge in [-0.3, -0.25) is 4.79 Å². The number of carbonyl (C=O) groups is 1. The van der Waals surface area contributed by atoms with Gasteiger partial charge in [0.25, 0.3) is 0 Å². The van der Waals surface area contributed by atoms with Gasteiger partial charge in [-0.05, 0) is 109 Å². The van der Waals surface area contributed by atoms with Gasteiger partial charge in [0.05, 0.1) is 0 Å². The van der Waals surface area contributed by atoms with Crippen LogP contribution in [0, 0.1) is 0 Å². The largest absolute Gasteiger partial charge is 0.508 e. The third-order valence-electron chi connectivity index (χ3n) is 4.81. The zero-order chi connectivity index (χ0) is 22.2. The zero-order valence-electron chi connectivity index (χ0n) is 18.0. The van der Waals surface area contributed by atoms with Gasteiger partial charge >= 0.3 is 5.97 Å². The van der Waals surface area contributed by atoms with Crippen LogP contribution in [0.3, 0.4) is 0 Å². The first kappa shape index (κ1) is 23.2. The number of phenolic OH excluding ortho intramolecular Hbond substituents is 1. The van der Waals surface area contributed by atoms with Crippen molar-refractivity contribution in [1.29, 1.82) is 0 Å². The van der Waals surface area contributed by atoms with E-state index in [2.05, 4.69) is 21.4 Å². The number of hydrogen-bond acceptors (Lipinski definition) is 7. The molecule has 7 heteroatoms. The minimum absolute atomic E-state index is 0.281. The molecule has 0 aliphatic rings. The average Bonchev–Trinajstić information content (AvgIpc) is 3.34. The summed E-state index contributed by atoms with van der Waals surface area (Å²) in [6, 6.07) is 11.3. The molecular weight excluding hydrogens is 428 g/mol. The van der Waals surface area contributed by atoms with E-state index >= 15 is 0 Å². The summed E-state index contributed by atoms with van der Waals surface area (Å²) >= 11 is 3.46. The topological polar surface area (TPSA) is 70.6 Å². The zero-order valence-corrected chi connectivity index (χ0v) is 19.7. The lowest BCUT2D eigenvalue weighted by molar-refractivity contribution is -0.131. The number of likely N-dealkylation sites (N-methyl/N-ethyl adjacent to an activating group) is 2. The minimum atomic E-state index is -0.281. The van der Waals surface area contributed by atoms with E-state index in [-0.39, 0.29) is 5.97 Å². The summed E-state index contributed by atoms with van der Waals surface area (Å²) < 4.78 is 7.57. The van der Waals surface area contributed by atoms with Gasteiger partial charge in [-0.25, -0.2) is 0 Å². The molecule has 0 unspecified atom stereocenters. The highest BCUT2D eigenvalue weighted by Gasteiger charge is 2.07. The minimum Gasteiger partial charge on any atom is -0.508 e. The van der Waals surface area contributed by atoms with E-state index in [1.807, 2.05) is 44.4 Å². The Kier molecular flexibility index (Phi) is 8.43. The molecule has 0 spiro atoms. The van der Waals surface area contributed by atoms with Crippen LogP contribution in [-0.2, 0) is 17.6 Å². The van der Waals surface area contributed by atoms with Crippen LogP contribution in [0.15, 0.2) is 47.2 Å². The second-order valence-corrected chi connectivity index (χ2v) is 8.98. The normalized spacial score (nSPS) is 10.8. The number of hydrogen-bond donors (Lipinski definition) is 3. The molecule has 0 radical (unpaired) electrons. The van der Waals surface area contributed by atoms with Gasteiger partial charge in [0.15, 0.2) is 0 Å². The van der Waals surface area contributed by atoms with Gasteiger partial charge in [0.1, 0.15) is 11.5 Å². The van der Waals surface area contributed by atoms with Crippen molar-refractivity contribution in [2.24, 2.45) is 0 Å². The van der Waals surface area contributed by atoms with Crippen LogP contribution in [0.4, 0.5) is 0 Å². The lowest BCUT2D eigenvalue weighted by atomic mass is 10.1. The van der Waals surface area contributed by atoms with E-state index < -0.39 is 0 Å². The Morgan fingerprint density at radius 2 is 1.45 bits per heavy atom. The monoisotopic (exact) mass is 456 g/mol. The van der Waals surface area contributed by atoms with Crippen LogP contribution in [0.5, 0.6) is 11.5 Å². The maximum atomic E-state index is 10.9. The number of esters is 1. The molecule has 0 fully saturated rings. The Morgan fingerprint density at radius 3 is 2.00 bits per heavy atom. The van der Waals surface area contributed by atoms with Crippen LogP contribution in [0.2, 0.25) is 0 Å². The van der Waals surface area contributed by atoms with Crippen LogP contribution in [-0.4, -0.2) is 38.3 Å². The van der Waals surface area contributed by atoms with Gasteiger partial charge in [-0.15, -0.1) is 22.7 Å². The molecule has 0 atom stereocenters. The molecule has 164 valence electrons. The molecule has 3 N–H and O–H groups in total. The highest BCUT2D eigenvalue weighted by molar-refractivity contribution is 7.17. The van der Waals surface area contributed by atoms with Gasteiger partial charge in [-0.2, -0.15) is 0 Å². The Balaban J connectivity index is 0.000000179. The summed E-state index contributed by atoms with van der Waals surface area (Å²) in [6.45, 7) is 3.34. The molecule has 2 heterocycles. The number of ether oxygens (including phenoxy) is 1. The summed E-state index contributed by atoms with van der Waals surface area (Å²) in [5.74, 6) is 0.687. The maximum Gasteiger partial charge on any atom is 0.308 e. The molecule has 0 saturated heterocycles. The SMILES string of the molecule is CNCCc1csc2ccc(O)cc12.CNCCc1csc2ccc(OC(C)=O)cc12. The summed E-state index contributed by atoms with van der Waals surface area (Å²) in [5, 5.41) is 22.4. The molecular formula is C24H28N2O3S2. The second kappa shape index (κ2) is 11.2.